The molecule has 0 atom stereocenters. The van der Waals surface area contributed by atoms with Crippen molar-refractivity contribution in [2.75, 3.05) is 13.7 Å². The molecular formula is C23H18F2N2O3S. The maximum atomic E-state index is 14.9. The summed E-state index contributed by atoms with van der Waals surface area (Å²) in [7, 11) is 1.82. The third-order valence-corrected chi connectivity index (χ3v) is 5.15. The number of carboxylic acid groups (broad SMARTS) is 1. The van der Waals surface area contributed by atoms with E-state index in [4.69, 9.17) is 9.84 Å². The molecule has 3 aromatic carbocycles. The van der Waals surface area contributed by atoms with Crippen molar-refractivity contribution >= 4 is 17.9 Å². The molecule has 0 saturated carbocycles. The van der Waals surface area contributed by atoms with Gasteiger partial charge in [0.15, 0.2) is 18.2 Å². The number of hydrogen-bond donors (Lipinski definition) is 1. The van der Waals surface area contributed by atoms with Crippen LogP contribution in [-0.2, 0) is 11.3 Å². The van der Waals surface area contributed by atoms with Crippen molar-refractivity contribution in [1.82, 2.24) is 4.31 Å². The van der Waals surface area contributed by atoms with Crippen LogP contribution in [0.25, 0.3) is 11.1 Å². The Morgan fingerprint density at radius 3 is 2.58 bits per heavy atom. The Bertz CT molecular complexity index is 1130. The molecule has 0 spiro atoms. The van der Waals surface area contributed by atoms with Gasteiger partial charge in [0.05, 0.1) is 11.6 Å². The molecule has 0 unspecified atom stereocenters. The van der Waals surface area contributed by atoms with Crippen LogP contribution in [0.2, 0.25) is 0 Å². The van der Waals surface area contributed by atoms with Crippen LogP contribution in [0.5, 0.6) is 5.75 Å². The molecule has 31 heavy (non-hydrogen) atoms. The lowest BCUT2D eigenvalue weighted by Gasteiger charge is -2.18. The number of halogens is 2. The van der Waals surface area contributed by atoms with Crippen molar-refractivity contribution < 1.29 is 23.4 Å². The van der Waals surface area contributed by atoms with Crippen LogP contribution in [0.4, 0.5) is 8.78 Å². The van der Waals surface area contributed by atoms with E-state index in [0.29, 0.717) is 28.8 Å². The van der Waals surface area contributed by atoms with Gasteiger partial charge in [0, 0.05) is 17.0 Å². The largest absolute Gasteiger partial charge is 0.479 e. The SMILES string of the molecule is CN(Cc1cc(F)c(OCC(=O)O)c(-c2cccc(C#N)c2)c1)Sc1ccc(F)cc1. The predicted octanol–water partition coefficient (Wildman–Crippen LogP) is 5.11. The van der Waals surface area contributed by atoms with Crippen LogP contribution in [0, 0.1) is 23.0 Å². The molecule has 8 heteroatoms. The Kier molecular flexibility index (Phi) is 7.23. The monoisotopic (exact) mass is 440 g/mol. The third-order valence-electron chi connectivity index (χ3n) is 4.23. The Morgan fingerprint density at radius 2 is 1.90 bits per heavy atom. The first kappa shape index (κ1) is 22.3. The summed E-state index contributed by atoms with van der Waals surface area (Å²) in [5.74, 6) is -2.43. The van der Waals surface area contributed by atoms with Gasteiger partial charge in [-0.15, -0.1) is 0 Å². The van der Waals surface area contributed by atoms with Crippen LogP contribution in [0.3, 0.4) is 0 Å². The van der Waals surface area contributed by atoms with Crippen LogP contribution >= 0.6 is 11.9 Å². The number of nitrogens with zero attached hydrogens (tertiary/aromatic N) is 2. The second kappa shape index (κ2) is 10.1. The zero-order valence-electron chi connectivity index (χ0n) is 16.5. The van der Waals surface area contributed by atoms with Gasteiger partial charge in [-0.2, -0.15) is 5.26 Å². The Morgan fingerprint density at radius 1 is 1.16 bits per heavy atom. The van der Waals surface area contributed by atoms with Gasteiger partial charge >= 0.3 is 5.97 Å². The second-order valence-electron chi connectivity index (χ2n) is 6.66. The van der Waals surface area contributed by atoms with Crippen molar-refractivity contribution in [1.29, 1.82) is 5.26 Å². The average molecular weight is 440 g/mol. The molecule has 0 amide bonds. The fourth-order valence-electron chi connectivity index (χ4n) is 2.96. The lowest BCUT2D eigenvalue weighted by Crippen LogP contribution is -2.12. The molecule has 5 nitrogen and oxygen atoms in total. The van der Waals surface area contributed by atoms with E-state index in [1.165, 1.54) is 30.1 Å². The summed E-state index contributed by atoms with van der Waals surface area (Å²) in [4.78, 5) is 11.7. The fraction of sp³-hybridized carbons (Fsp3) is 0.130. The Balaban J connectivity index is 1.92. The van der Waals surface area contributed by atoms with Gasteiger partial charge in [0.25, 0.3) is 0 Å². The highest BCUT2D eigenvalue weighted by Crippen LogP contribution is 2.35. The maximum Gasteiger partial charge on any atom is 0.341 e. The Labute approximate surface area is 182 Å². The van der Waals surface area contributed by atoms with Crippen molar-refractivity contribution in [3.63, 3.8) is 0 Å². The van der Waals surface area contributed by atoms with Crippen LogP contribution in [-0.4, -0.2) is 29.0 Å². The molecule has 0 saturated heterocycles. The van der Waals surface area contributed by atoms with Gasteiger partial charge in [0.1, 0.15) is 5.82 Å². The molecule has 0 aliphatic carbocycles. The van der Waals surface area contributed by atoms with Crippen molar-refractivity contribution in [2.45, 2.75) is 11.4 Å². The average Bonchev–Trinajstić information content (AvgIpc) is 2.74. The minimum atomic E-state index is -1.23. The fourth-order valence-corrected chi connectivity index (χ4v) is 3.79. The van der Waals surface area contributed by atoms with Crippen molar-refractivity contribution in [3.05, 3.63) is 83.4 Å². The number of nitriles is 1. The summed E-state index contributed by atoms with van der Waals surface area (Å²) in [6.45, 7) is -0.343. The number of rotatable bonds is 8. The second-order valence-corrected chi connectivity index (χ2v) is 7.94. The van der Waals surface area contributed by atoms with Gasteiger partial charge in [-0.05, 0) is 78.7 Å². The molecule has 0 radical (unpaired) electrons. The van der Waals surface area contributed by atoms with E-state index in [1.54, 1.807) is 42.5 Å². The van der Waals surface area contributed by atoms with Crippen molar-refractivity contribution in [2.24, 2.45) is 0 Å². The Hall–Kier alpha value is -3.41. The van der Waals surface area contributed by atoms with Crippen LogP contribution in [0.1, 0.15) is 11.1 Å². The smallest absolute Gasteiger partial charge is 0.341 e. The summed E-state index contributed by atoms with van der Waals surface area (Å²) in [5.41, 5.74) is 1.90. The summed E-state index contributed by atoms with van der Waals surface area (Å²) in [6, 6.07) is 17.6. The number of hydrogen-bond acceptors (Lipinski definition) is 5. The quantitative estimate of drug-likeness (QED) is 0.491. The standard InChI is InChI=1S/C23H18F2N2O3S/c1-27(31-19-7-5-18(24)6-8-19)13-16-10-20(17-4-2-3-15(9-17)12-26)23(21(25)11-16)30-14-22(28)29/h2-11H,13-14H2,1H3,(H,28,29). The first-order valence-electron chi connectivity index (χ1n) is 9.18. The highest BCUT2D eigenvalue weighted by molar-refractivity contribution is 7.97. The topological polar surface area (TPSA) is 73.6 Å². The lowest BCUT2D eigenvalue weighted by atomic mass is 9.99. The number of benzene rings is 3. The molecule has 158 valence electrons. The molecule has 0 heterocycles. The molecule has 0 aromatic heterocycles. The van der Waals surface area contributed by atoms with E-state index in [2.05, 4.69) is 0 Å². The molecule has 3 aromatic rings. The molecule has 0 aliphatic heterocycles. The first-order chi connectivity index (χ1) is 14.9. The van der Waals surface area contributed by atoms with E-state index in [0.717, 1.165) is 4.90 Å². The van der Waals surface area contributed by atoms with E-state index in [9.17, 15) is 18.8 Å². The maximum absolute atomic E-state index is 14.9. The number of ether oxygens (including phenoxy) is 1. The highest BCUT2D eigenvalue weighted by atomic mass is 32.2. The zero-order valence-corrected chi connectivity index (χ0v) is 17.3. The van der Waals surface area contributed by atoms with Crippen molar-refractivity contribution in [3.8, 4) is 22.9 Å². The lowest BCUT2D eigenvalue weighted by molar-refractivity contribution is -0.139. The van der Waals surface area contributed by atoms with Crippen LogP contribution in [0.15, 0.2) is 65.6 Å². The molecule has 1 N–H and O–H groups in total. The minimum absolute atomic E-state index is 0.185. The van der Waals surface area contributed by atoms with E-state index in [-0.39, 0.29) is 11.6 Å². The van der Waals surface area contributed by atoms with E-state index >= 15 is 0 Å². The molecule has 0 fully saturated rings. The predicted molar refractivity (Wildman–Crippen MR) is 113 cm³/mol. The first-order valence-corrected chi connectivity index (χ1v) is 9.95. The van der Waals surface area contributed by atoms with E-state index in [1.807, 2.05) is 17.4 Å². The molecular weight excluding hydrogens is 422 g/mol. The van der Waals surface area contributed by atoms with Gasteiger partial charge in [-0.25, -0.2) is 17.9 Å². The minimum Gasteiger partial charge on any atom is -0.479 e. The summed E-state index contributed by atoms with van der Waals surface area (Å²) in [6.07, 6.45) is 0. The van der Waals surface area contributed by atoms with E-state index < -0.39 is 18.4 Å². The zero-order chi connectivity index (χ0) is 22.4. The normalized spacial score (nSPS) is 10.7. The number of carboxylic acids is 1. The molecule has 3 rings (SSSR count). The highest BCUT2D eigenvalue weighted by Gasteiger charge is 2.17. The summed E-state index contributed by atoms with van der Waals surface area (Å²) >= 11 is 1.37. The number of aliphatic carboxylic acids is 1. The molecule has 0 bridgehead atoms. The van der Waals surface area contributed by atoms with Gasteiger partial charge in [-0.3, -0.25) is 0 Å². The van der Waals surface area contributed by atoms with Gasteiger partial charge in [0.2, 0.25) is 0 Å². The number of carbonyl (C=O) groups is 1. The third kappa shape index (κ3) is 6.04. The van der Waals surface area contributed by atoms with Crippen LogP contribution < -0.4 is 4.74 Å². The summed E-state index contributed by atoms with van der Waals surface area (Å²) in [5, 5.41) is 18.1. The van der Waals surface area contributed by atoms with Gasteiger partial charge < -0.3 is 9.84 Å². The molecule has 0 aliphatic rings. The van der Waals surface area contributed by atoms with Gasteiger partial charge in [-0.1, -0.05) is 12.1 Å². The summed E-state index contributed by atoms with van der Waals surface area (Å²) < 4.78 is 35.1.